The van der Waals surface area contributed by atoms with Crippen molar-refractivity contribution in [2.75, 3.05) is 0 Å². The molecule has 0 unspecified atom stereocenters. The third-order valence-corrected chi connectivity index (χ3v) is 3.17. The van der Waals surface area contributed by atoms with Gasteiger partial charge in [0.05, 0.1) is 11.2 Å². The normalized spacial score (nSPS) is 12.5. The lowest BCUT2D eigenvalue weighted by Gasteiger charge is -2.27. The first-order valence-electron chi connectivity index (χ1n) is 7.94. The lowest BCUT2D eigenvalue weighted by molar-refractivity contribution is -0.275. The number of nitrogens with zero attached hydrogens (tertiary/aromatic N) is 1. The van der Waals surface area contributed by atoms with E-state index in [0.717, 1.165) is 6.07 Å². The molecule has 1 N–H and O–H groups in total. The van der Waals surface area contributed by atoms with Crippen LogP contribution in [0.25, 0.3) is 0 Å². The second-order valence-electron chi connectivity index (χ2n) is 7.17. The van der Waals surface area contributed by atoms with E-state index >= 15 is 0 Å². The molecular formula is C17H23F3N2O4. The number of carbonyl (C=O) groups excluding carboxylic acids is 2. The summed E-state index contributed by atoms with van der Waals surface area (Å²) >= 11 is 0. The Labute approximate surface area is 150 Å². The monoisotopic (exact) mass is 376 g/mol. The van der Waals surface area contributed by atoms with E-state index < -0.39 is 29.3 Å². The fourth-order valence-corrected chi connectivity index (χ4v) is 2.00. The van der Waals surface area contributed by atoms with Crippen LogP contribution >= 0.6 is 0 Å². The van der Waals surface area contributed by atoms with E-state index in [1.807, 2.05) is 0 Å². The SMILES string of the molecule is CC(C)(C)OC(=O)NC(C)(C)C(=O)CCc1ncccc1OC(F)(F)F. The summed E-state index contributed by atoms with van der Waals surface area (Å²) in [5.74, 6) is -0.835. The van der Waals surface area contributed by atoms with Crippen molar-refractivity contribution < 1.29 is 32.2 Å². The van der Waals surface area contributed by atoms with Gasteiger partial charge in [0.15, 0.2) is 11.5 Å². The Morgan fingerprint density at radius 1 is 1.15 bits per heavy atom. The first kappa shape index (κ1) is 21.7. The Bertz CT molecular complexity index is 652. The number of ketones is 1. The lowest BCUT2D eigenvalue weighted by Crippen LogP contribution is -2.51. The largest absolute Gasteiger partial charge is 0.573 e. The topological polar surface area (TPSA) is 77.5 Å². The maximum absolute atomic E-state index is 12.4. The highest BCUT2D eigenvalue weighted by atomic mass is 19.4. The Morgan fingerprint density at radius 3 is 2.31 bits per heavy atom. The van der Waals surface area contributed by atoms with E-state index in [1.54, 1.807) is 20.8 Å². The van der Waals surface area contributed by atoms with E-state index in [-0.39, 0.29) is 24.3 Å². The van der Waals surface area contributed by atoms with Crippen LogP contribution in [-0.4, -0.2) is 34.4 Å². The molecular weight excluding hydrogens is 353 g/mol. The minimum absolute atomic E-state index is 0.00578. The van der Waals surface area contributed by atoms with Gasteiger partial charge in [-0.25, -0.2) is 4.79 Å². The number of Topliss-reactive ketones (excluding diaryl/α,β-unsaturated/α-hetero) is 1. The lowest BCUT2D eigenvalue weighted by atomic mass is 9.95. The summed E-state index contributed by atoms with van der Waals surface area (Å²) < 4.78 is 46.2. The minimum Gasteiger partial charge on any atom is -0.444 e. The molecule has 1 amide bonds. The van der Waals surface area contributed by atoms with Gasteiger partial charge in [-0.1, -0.05) is 0 Å². The maximum Gasteiger partial charge on any atom is 0.573 e. The van der Waals surface area contributed by atoms with Crippen LogP contribution in [0.3, 0.4) is 0 Å². The highest BCUT2D eigenvalue weighted by Crippen LogP contribution is 2.26. The number of alkyl halides is 3. The first-order chi connectivity index (χ1) is 11.7. The molecule has 1 aromatic heterocycles. The molecule has 0 aliphatic heterocycles. The molecule has 0 radical (unpaired) electrons. The standard InChI is InChI=1S/C17H23F3N2O4/c1-15(2,3)26-14(24)22-16(4,5)13(23)9-8-11-12(7-6-10-21-11)25-17(18,19)20/h6-7,10H,8-9H2,1-5H3,(H,22,24). The van der Waals surface area contributed by atoms with Crippen LogP contribution in [0.2, 0.25) is 0 Å². The summed E-state index contributed by atoms with van der Waals surface area (Å²) in [6, 6.07) is 2.44. The molecule has 1 rings (SSSR count). The molecule has 0 saturated heterocycles. The van der Waals surface area contributed by atoms with Crippen molar-refractivity contribution in [2.24, 2.45) is 0 Å². The zero-order chi connectivity index (χ0) is 20.2. The number of ether oxygens (including phenoxy) is 2. The molecule has 26 heavy (non-hydrogen) atoms. The van der Waals surface area contributed by atoms with E-state index in [4.69, 9.17) is 4.74 Å². The predicted molar refractivity (Wildman–Crippen MR) is 87.7 cm³/mol. The van der Waals surface area contributed by atoms with Gasteiger partial charge in [0.25, 0.3) is 0 Å². The third kappa shape index (κ3) is 7.71. The van der Waals surface area contributed by atoms with Crippen molar-refractivity contribution in [3.05, 3.63) is 24.0 Å². The van der Waals surface area contributed by atoms with E-state index in [9.17, 15) is 22.8 Å². The first-order valence-corrected chi connectivity index (χ1v) is 7.94. The summed E-state index contributed by atoms with van der Waals surface area (Å²) in [4.78, 5) is 28.0. The van der Waals surface area contributed by atoms with Crippen molar-refractivity contribution >= 4 is 11.9 Å². The van der Waals surface area contributed by atoms with Crippen molar-refractivity contribution in [1.29, 1.82) is 0 Å². The summed E-state index contributed by atoms with van der Waals surface area (Å²) in [5.41, 5.74) is -1.96. The molecule has 1 aromatic rings. The van der Waals surface area contributed by atoms with Crippen LogP contribution in [0, 0.1) is 0 Å². The fourth-order valence-electron chi connectivity index (χ4n) is 2.00. The average Bonchev–Trinajstić information content (AvgIpc) is 2.41. The molecule has 0 saturated carbocycles. The van der Waals surface area contributed by atoms with Gasteiger partial charge in [-0.3, -0.25) is 9.78 Å². The maximum atomic E-state index is 12.4. The Balaban J connectivity index is 2.72. The fraction of sp³-hybridized carbons (Fsp3) is 0.588. The van der Waals surface area contributed by atoms with Gasteiger partial charge in [0.2, 0.25) is 0 Å². The molecule has 0 spiro atoms. The highest BCUT2D eigenvalue weighted by molar-refractivity contribution is 5.91. The quantitative estimate of drug-likeness (QED) is 0.817. The Kier molecular flexibility index (Phi) is 6.62. The smallest absolute Gasteiger partial charge is 0.444 e. The van der Waals surface area contributed by atoms with E-state index in [1.165, 1.54) is 26.1 Å². The molecule has 0 atom stereocenters. The number of rotatable bonds is 6. The van der Waals surface area contributed by atoms with Crippen LogP contribution in [0.5, 0.6) is 5.75 Å². The van der Waals surface area contributed by atoms with Crippen LogP contribution < -0.4 is 10.1 Å². The Hall–Kier alpha value is -2.32. The van der Waals surface area contributed by atoms with Gasteiger partial charge in [0.1, 0.15) is 5.60 Å². The molecule has 1 heterocycles. The number of nitrogens with one attached hydrogen (secondary N) is 1. The zero-order valence-electron chi connectivity index (χ0n) is 15.4. The number of pyridine rings is 1. The summed E-state index contributed by atoms with van der Waals surface area (Å²) in [6.45, 7) is 8.04. The van der Waals surface area contributed by atoms with Crippen LogP contribution in [0.4, 0.5) is 18.0 Å². The van der Waals surface area contributed by atoms with Crippen molar-refractivity contribution in [2.45, 2.75) is 65.0 Å². The number of aromatic nitrogens is 1. The van der Waals surface area contributed by atoms with Gasteiger partial charge in [0, 0.05) is 19.0 Å². The molecule has 0 aliphatic carbocycles. The Morgan fingerprint density at radius 2 is 1.77 bits per heavy atom. The number of alkyl carbamates (subject to hydrolysis) is 1. The van der Waals surface area contributed by atoms with Gasteiger partial charge in [-0.05, 0) is 46.8 Å². The molecule has 0 bridgehead atoms. The highest BCUT2D eigenvalue weighted by Gasteiger charge is 2.33. The molecule has 0 aromatic carbocycles. The van der Waals surface area contributed by atoms with Crippen LogP contribution in [0.15, 0.2) is 18.3 Å². The number of aryl methyl sites for hydroxylation is 1. The minimum atomic E-state index is -4.85. The average molecular weight is 376 g/mol. The van der Waals surface area contributed by atoms with Crippen molar-refractivity contribution in [1.82, 2.24) is 10.3 Å². The molecule has 0 fully saturated rings. The van der Waals surface area contributed by atoms with Gasteiger partial charge in [-0.15, -0.1) is 13.2 Å². The molecule has 6 nitrogen and oxygen atoms in total. The van der Waals surface area contributed by atoms with Crippen molar-refractivity contribution in [3.63, 3.8) is 0 Å². The third-order valence-electron chi connectivity index (χ3n) is 3.17. The second kappa shape index (κ2) is 7.92. The second-order valence-corrected chi connectivity index (χ2v) is 7.17. The van der Waals surface area contributed by atoms with Crippen LogP contribution in [0.1, 0.15) is 46.7 Å². The number of hydrogen-bond acceptors (Lipinski definition) is 5. The number of carbonyl (C=O) groups is 2. The van der Waals surface area contributed by atoms with Crippen LogP contribution in [-0.2, 0) is 16.0 Å². The molecule has 146 valence electrons. The van der Waals surface area contributed by atoms with Gasteiger partial charge < -0.3 is 14.8 Å². The van der Waals surface area contributed by atoms with Crippen molar-refractivity contribution in [3.8, 4) is 5.75 Å². The summed E-state index contributed by atoms with van der Waals surface area (Å²) in [7, 11) is 0. The molecule has 0 aliphatic rings. The predicted octanol–water partition coefficient (Wildman–Crippen LogP) is 3.79. The number of halogens is 3. The zero-order valence-corrected chi connectivity index (χ0v) is 15.4. The summed E-state index contributed by atoms with van der Waals surface area (Å²) in [5, 5.41) is 2.46. The van der Waals surface area contributed by atoms with E-state index in [0.29, 0.717) is 0 Å². The van der Waals surface area contributed by atoms with Gasteiger partial charge in [-0.2, -0.15) is 0 Å². The van der Waals surface area contributed by atoms with E-state index in [2.05, 4.69) is 15.0 Å². The number of amides is 1. The summed E-state index contributed by atoms with van der Waals surface area (Å²) in [6.07, 6.45) is -4.49. The molecule has 9 heteroatoms. The van der Waals surface area contributed by atoms with Gasteiger partial charge >= 0.3 is 12.5 Å². The number of hydrogen-bond donors (Lipinski definition) is 1.